The molecular formula is C23H14BrNO2. The molecule has 4 aromatic rings. The molecule has 0 radical (unpaired) electrons. The first-order valence-corrected chi connectivity index (χ1v) is 9.16. The van der Waals surface area contributed by atoms with Crippen molar-refractivity contribution in [1.82, 2.24) is 4.98 Å². The lowest BCUT2D eigenvalue weighted by Gasteiger charge is -2.11. The monoisotopic (exact) mass is 415 g/mol. The van der Waals surface area contributed by atoms with Crippen LogP contribution < -0.4 is 0 Å². The number of aromatic nitrogens is 1. The number of terminal acetylenes is 1. The van der Waals surface area contributed by atoms with Crippen LogP contribution in [0.3, 0.4) is 0 Å². The number of benzene rings is 3. The maximum absolute atomic E-state index is 12.6. The molecule has 0 N–H and O–H groups in total. The van der Waals surface area contributed by atoms with Crippen molar-refractivity contribution >= 4 is 43.6 Å². The number of pyridine rings is 1. The summed E-state index contributed by atoms with van der Waals surface area (Å²) in [4.78, 5) is 17.4. The summed E-state index contributed by atoms with van der Waals surface area (Å²) in [6, 6.07) is 21.6. The van der Waals surface area contributed by atoms with E-state index >= 15 is 0 Å². The van der Waals surface area contributed by atoms with Crippen LogP contribution in [0, 0.1) is 12.3 Å². The number of fused-ring (bicyclic) bond motifs is 2. The summed E-state index contributed by atoms with van der Waals surface area (Å²) >= 11 is 3.45. The zero-order valence-electron chi connectivity index (χ0n) is 14.3. The molecule has 27 heavy (non-hydrogen) atoms. The molecule has 1 aromatic heterocycles. The fourth-order valence-corrected chi connectivity index (χ4v) is 3.50. The molecule has 3 nitrogen and oxygen atoms in total. The third-order valence-electron chi connectivity index (χ3n) is 4.34. The van der Waals surface area contributed by atoms with Gasteiger partial charge in [-0.2, -0.15) is 0 Å². The van der Waals surface area contributed by atoms with Crippen LogP contribution in [0.2, 0.25) is 0 Å². The Morgan fingerprint density at radius 3 is 2.70 bits per heavy atom. The van der Waals surface area contributed by atoms with Gasteiger partial charge in [-0.05, 0) is 35.0 Å². The first kappa shape index (κ1) is 17.3. The number of esters is 1. The van der Waals surface area contributed by atoms with Crippen molar-refractivity contribution in [2.45, 2.75) is 0 Å². The maximum atomic E-state index is 12.6. The van der Waals surface area contributed by atoms with Crippen LogP contribution in [0.5, 0.6) is 0 Å². The largest absolute Gasteiger partial charge is 0.449 e. The quantitative estimate of drug-likeness (QED) is 0.322. The second-order valence-electron chi connectivity index (χ2n) is 6.02. The van der Waals surface area contributed by atoms with Gasteiger partial charge in [-0.15, -0.1) is 6.42 Å². The molecule has 130 valence electrons. The van der Waals surface area contributed by atoms with Gasteiger partial charge in [-0.1, -0.05) is 64.3 Å². The van der Waals surface area contributed by atoms with Gasteiger partial charge >= 0.3 is 5.97 Å². The molecule has 4 rings (SSSR count). The van der Waals surface area contributed by atoms with Gasteiger partial charge in [0.2, 0.25) is 0 Å². The van der Waals surface area contributed by atoms with Crippen LogP contribution >= 0.6 is 15.9 Å². The fraction of sp³-hybridized carbons (Fsp3) is 0.0435. The molecule has 0 aliphatic carbocycles. The predicted molar refractivity (Wildman–Crippen MR) is 112 cm³/mol. The molecule has 0 aliphatic heterocycles. The minimum absolute atomic E-state index is 0.0692. The number of halogens is 1. The first-order chi connectivity index (χ1) is 13.2. The Kier molecular flexibility index (Phi) is 4.62. The summed E-state index contributed by atoms with van der Waals surface area (Å²) in [6.07, 6.45) is 5.23. The van der Waals surface area contributed by atoms with Crippen LogP contribution in [-0.2, 0) is 4.74 Å². The molecular weight excluding hydrogens is 402 g/mol. The second-order valence-corrected chi connectivity index (χ2v) is 6.94. The van der Waals surface area contributed by atoms with Crippen molar-refractivity contribution in [2.75, 3.05) is 6.61 Å². The molecule has 0 fully saturated rings. The van der Waals surface area contributed by atoms with Crippen molar-refractivity contribution in [1.29, 1.82) is 0 Å². The van der Waals surface area contributed by atoms with Crippen LogP contribution in [0.15, 0.2) is 71.2 Å². The van der Waals surface area contributed by atoms with Gasteiger partial charge < -0.3 is 4.74 Å². The standard InChI is InChI=1S/C23H14BrNO2/c1-2-12-27-23(26)20-14-22(25-21-11-10-16(24)13-19(20)21)18-9-5-7-15-6-3-4-8-17(15)18/h1,3-11,13-14H,12H2. The summed E-state index contributed by atoms with van der Waals surface area (Å²) in [5, 5.41) is 2.91. The van der Waals surface area contributed by atoms with E-state index in [9.17, 15) is 4.79 Å². The molecule has 0 aliphatic rings. The van der Waals surface area contributed by atoms with Gasteiger partial charge in [0, 0.05) is 15.4 Å². The third-order valence-corrected chi connectivity index (χ3v) is 4.84. The van der Waals surface area contributed by atoms with Gasteiger partial charge in [0.05, 0.1) is 16.8 Å². The summed E-state index contributed by atoms with van der Waals surface area (Å²) in [5.74, 6) is 1.87. The molecule has 0 amide bonds. The highest BCUT2D eigenvalue weighted by atomic mass is 79.9. The van der Waals surface area contributed by atoms with Gasteiger partial charge in [0.25, 0.3) is 0 Å². The van der Waals surface area contributed by atoms with Gasteiger partial charge in [0.1, 0.15) is 0 Å². The summed E-state index contributed by atoms with van der Waals surface area (Å²) in [7, 11) is 0. The second kappa shape index (κ2) is 7.22. The third kappa shape index (κ3) is 3.30. The van der Waals surface area contributed by atoms with Gasteiger partial charge in [0.15, 0.2) is 6.61 Å². The Balaban J connectivity index is 1.98. The Morgan fingerprint density at radius 1 is 1.04 bits per heavy atom. The van der Waals surface area contributed by atoms with E-state index in [1.54, 1.807) is 6.07 Å². The highest BCUT2D eigenvalue weighted by Gasteiger charge is 2.16. The minimum Gasteiger partial charge on any atom is -0.449 e. The number of hydrogen-bond acceptors (Lipinski definition) is 3. The number of carbonyl (C=O) groups is 1. The Hall–Kier alpha value is -3.16. The van der Waals surface area contributed by atoms with E-state index in [1.165, 1.54) is 0 Å². The maximum Gasteiger partial charge on any atom is 0.339 e. The highest BCUT2D eigenvalue weighted by Crippen LogP contribution is 2.31. The Bertz CT molecular complexity index is 1220. The van der Waals surface area contributed by atoms with Crippen molar-refractivity contribution in [3.05, 3.63) is 76.8 Å². The Labute approximate surface area is 165 Å². The number of hydrogen-bond donors (Lipinski definition) is 0. The van der Waals surface area contributed by atoms with Crippen molar-refractivity contribution in [2.24, 2.45) is 0 Å². The van der Waals surface area contributed by atoms with Crippen LogP contribution in [-0.4, -0.2) is 17.6 Å². The van der Waals surface area contributed by atoms with E-state index in [4.69, 9.17) is 16.1 Å². The zero-order valence-corrected chi connectivity index (χ0v) is 15.9. The average Bonchev–Trinajstić information content (AvgIpc) is 2.70. The fourth-order valence-electron chi connectivity index (χ4n) is 3.14. The molecule has 0 saturated carbocycles. The first-order valence-electron chi connectivity index (χ1n) is 8.36. The van der Waals surface area contributed by atoms with Crippen LogP contribution in [0.4, 0.5) is 0 Å². The Morgan fingerprint density at radius 2 is 1.85 bits per heavy atom. The van der Waals surface area contributed by atoms with E-state index in [-0.39, 0.29) is 6.61 Å². The zero-order chi connectivity index (χ0) is 18.8. The molecule has 4 heteroatoms. The van der Waals surface area contributed by atoms with Crippen LogP contribution in [0.1, 0.15) is 10.4 Å². The smallest absolute Gasteiger partial charge is 0.339 e. The van der Waals surface area contributed by atoms with Crippen molar-refractivity contribution in [3.63, 3.8) is 0 Å². The van der Waals surface area contributed by atoms with E-state index in [0.29, 0.717) is 11.3 Å². The molecule has 0 unspecified atom stereocenters. The van der Waals surface area contributed by atoms with Crippen molar-refractivity contribution in [3.8, 4) is 23.6 Å². The van der Waals surface area contributed by atoms with Crippen molar-refractivity contribution < 1.29 is 9.53 Å². The molecule has 1 heterocycles. The summed E-state index contributed by atoms with van der Waals surface area (Å²) in [6.45, 7) is -0.0692. The SMILES string of the molecule is C#CCOC(=O)c1cc(-c2cccc3ccccc23)nc2ccc(Br)cc12. The molecule has 0 spiro atoms. The summed E-state index contributed by atoms with van der Waals surface area (Å²) in [5.41, 5.74) is 2.84. The van der Waals surface area contributed by atoms with Gasteiger partial charge in [-0.25, -0.2) is 9.78 Å². The van der Waals surface area contributed by atoms with E-state index < -0.39 is 5.97 Å². The average molecular weight is 416 g/mol. The topological polar surface area (TPSA) is 39.2 Å². The molecule has 0 bridgehead atoms. The lowest BCUT2D eigenvalue weighted by Crippen LogP contribution is -2.07. The number of rotatable bonds is 3. The molecule has 0 saturated heterocycles. The predicted octanol–water partition coefficient (Wildman–Crippen LogP) is 5.61. The lowest BCUT2D eigenvalue weighted by atomic mass is 9.99. The lowest BCUT2D eigenvalue weighted by molar-refractivity contribution is 0.0559. The number of ether oxygens (including phenoxy) is 1. The minimum atomic E-state index is -0.458. The van der Waals surface area contributed by atoms with E-state index in [2.05, 4.69) is 40.0 Å². The van der Waals surface area contributed by atoms with Gasteiger partial charge in [-0.3, -0.25) is 0 Å². The number of nitrogens with zero attached hydrogens (tertiary/aromatic N) is 1. The molecule has 3 aromatic carbocycles. The van der Waals surface area contributed by atoms with Crippen LogP contribution in [0.25, 0.3) is 32.9 Å². The molecule has 0 atom stereocenters. The van der Waals surface area contributed by atoms with E-state index in [1.807, 2.05) is 42.5 Å². The highest BCUT2D eigenvalue weighted by molar-refractivity contribution is 9.10. The van der Waals surface area contributed by atoms with E-state index in [0.717, 1.165) is 31.7 Å². The summed E-state index contributed by atoms with van der Waals surface area (Å²) < 4.78 is 6.05. The number of carbonyl (C=O) groups excluding carboxylic acids is 1. The normalized spacial score (nSPS) is 10.7.